The Morgan fingerprint density at radius 2 is 2.00 bits per heavy atom. The van der Waals surface area contributed by atoms with Crippen molar-refractivity contribution in [2.24, 2.45) is 0 Å². The van der Waals surface area contributed by atoms with Gasteiger partial charge in [-0.15, -0.1) is 0 Å². The minimum atomic E-state index is -0.369. The minimum Gasteiger partial charge on any atom is -0.383 e. The van der Waals surface area contributed by atoms with Crippen LogP contribution in [0, 0.1) is 17.1 Å². The summed E-state index contributed by atoms with van der Waals surface area (Å²) in [5.74, 6) is -0.369. The lowest BCUT2D eigenvalue weighted by Crippen LogP contribution is -2.47. The zero-order valence-electron chi connectivity index (χ0n) is 11.5. The number of nitrogens with zero attached hydrogens (tertiary/aromatic N) is 2. The van der Waals surface area contributed by atoms with E-state index in [9.17, 15) is 4.39 Å². The molecule has 0 aliphatic heterocycles. The molecular formula is C15H20FN3. The van der Waals surface area contributed by atoms with Gasteiger partial charge >= 0.3 is 0 Å². The van der Waals surface area contributed by atoms with Crippen LogP contribution in [-0.2, 0) is 0 Å². The molecule has 1 fully saturated rings. The maximum Gasteiger partial charge on any atom is 0.126 e. The van der Waals surface area contributed by atoms with Crippen molar-refractivity contribution in [1.29, 1.82) is 5.26 Å². The Balaban J connectivity index is 2.09. The number of likely N-dealkylation sites (N-methyl/N-ethyl adjacent to an activating group) is 1. The monoisotopic (exact) mass is 261 g/mol. The summed E-state index contributed by atoms with van der Waals surface area (Å²) in [7, 11) is 4.19. The molecule has 102 valence electrons. The lowest BCUT2D eigenvalue weighted by molar-refractivity contribution is 0.172. The van der Waals surface area contributed by atoms with E-state index in [0.717, 1.165) is 19.4 Å². The van der Waals surface area contributed by atoms with Gasteiger partial charge in [0.1, 0.15) is 5.82 Å². The summed E-state index contributed by atoms with van der Waals surface area (Å²) in [4.78, 5) is 2.26. The van der Waals surface area contributed by atoms with Gasteiger partial charge in [-0.25, -0.2) is 4.39 Å². The molecule has 0 atom stereocenters. The van der Waals surface area contributed by atoms with Gasteiger partial charge < -0.3 is 10.2 Å². The lowest BCUT2D eigenvalue weighted by atomic mass is 9.96. The number of halogens is 1. The van der Waals surface area contributed by atoms with E-state index in [2.05, 4.69) is 24.3 Å². The van der Waals surface area contributed by atoms with Crippen LogP contribution in [0.25, 0.3) is 0 Å². The molecule has 0 spiro atoms. The highest BCUT2D eigenvalue weighted by Gasteiger charge is 2.35. The van der Waals surface area contributed by atoms with Gasteiger partial charge in [-0.3, -0.25) is 0 Å². The molecule has 1 saturated carbocycles. The van der Waals surface area contributed by atoms with Crippen molar-refractivity contribution in [2.45, 2.75) is 31.2 Å². The van der Waals surface area contributed by atoms with Crippen molar-refractivity contribution in [3.63, 3.8) is 0 Å². The average molecular weight is 261 g/mol. The number of benzene rings is 1. The first-order valence-corrected chi connectivity index (χ1v) is 6.68. The van der Waals surface area contributed by atoms with Crippen LogP contribution in [0.2, 0.25) is 0 Å². The van der Waals surface area contributed by atoms with Crippen LogP contribution in [0.3, 0.4) is 0 Å². The predicted octanol–water partition coefficient (Wildman–Crippen LogP) is 2.98. The van der Waals surface area contributed by atoms with Gasteiger partial charge in [-0.1, -0.05) is 12.8 Å². The molecule has 1 N–H and O–H groups in total. The molecule has 1 aromatic carbocycles. The third-order valence-electron chi connectivity index (χ3n) is 4.13. The highest BCUT2D eigenvalue weighted by molar-refractivity contribution is 5.50. The van der Waals surface area contributed by atoms with E-state index in [1.165, 1.54) is 25.0 Å². The SMILES string of the molecule is CN(C)C1(CNc2cc(F)cc(C#N)c2)CCCC1. The summed E-state index contributed by atoms with van der Waals surface area (Å²) in [5.41, 5.74) is 1.19. The van der Waals surface area contributed by atoms with E-state index in [-0.39, 0.29) is 11.4 Å². The van der Waals surface area contributed by atoms with Crippen molar-refractivity contribution in [3.8, 4) is 6.07 Å². The van der Waals surface area contributed by atoms with Crippen LogP contribution >= 0.6 is 0 Å². The van der Waals surface area contributed by atoms with E-state index in [1.54, 1.807) is 6.07 Å². The third kappa shape index (κ3) is 3.05. The smallest absolute Gasteiger partial charge is 0.126 e. The first kappa shape index (κ1) is 13.8. The molecular weight excluding hydrogens is 241 g/mol. The maximum absolute atomic E-state index is 13.4. The Labute approximate surface area is 114 Å². The molecule has 19 heavy (non-hydrogen) atoms. The normalized spacial score (nSPS) is 17.4. The molecule has 0 bridgehead atoms. The molecule has 1 aromatic rings. The molecule has 0 aromatic heterocycles. The Hall–Kier alpha value is -1.60. The molecule has 3 nitrogen and oxygen atoms in total. The van der Waals surface area contributed by atoms with Crippen molar-refractivity contribution in [3.05, 3.63) is 29.6 Å². The highest BCUT2D eigenvalue weighted by atomic mass is 19.1. The first-order chi connectivity index (χ1) is 9.05. The molecule has 1 aliphatic rings. The second kappa shape index (κ2) is 5.58. The molecule has 0 radical (unpaired) electrons. The average Bonchev–Trinajstić information content (AvgIpc) is 2.86. The zero-order valence-corrected chi connectivity index (χ0v) is 11.5. The van der Waals surface area contributed by atoms with Crippen LogP contribution < -0.4 is 5.32 Å². The van der Waals surface area contributed by atoms with Gasteiger partial charge in [0.2, 0.25) is 0 Å². The number of anilines is 1. The molecule has 2 rings (SSSR count). The summed E-state index contributed by atoms with van der Waals surface area (Å²) in [6.07, 6.45) is 4.81. The van der Waals surface area contributed by atoms with E-state index in [4.69, 9.17) is 5.26 Å². The third-order valence-corrected chi connectivity index (χ3v) is 4.13. The van der Waals surface area contributed by atoms with Gasteiger partial charge in [-0.05, 0) is 45.1 Å². The van der Waals surface area contributed by atoms with Crippen LogP contribution in [0.5, 0.6) is 0 Å². The largest absolute Gasteiger partial charge is 0.383 e. The second-order valence-corrected chi connectivity index (χ2v) is 5.52. The van der Waals surface area contributed by atoms with E-state index < -0.39 is 0 Å². The standard InChI is InChI=1S/C15H20FN3/c1-19(2)15(5-3-4-6-15)11-18-14-8-12(10-17)7-13(16)9-14/h7-9,18H,3-6,11H2,1-2H3. The quantitative estimate of drug-likeness (QED) is 0.905. The summed E-state index contributed by atoms with van der Waals surface area (Å²) >= 11 is 0. The summed E-state index contributed by atoms with van der Waals surface area (Å²) in [6.45, 7) is 0.786. The van der Waals surface area contributed by atoms with Crippen molar-refractivity contribution < 1.29 is 4.39 Å². The highest BCUT2D eigenvalue weighted by Crippen LogP contribution is 2.34. The summed E-state index contributed by atoms with van der Waals surface area (Å²) in [5, 5.41) is 12.1. The van der Waals surface area contributed by atoms with E-state index >= 15 is 0 Å². The fraction of sp³-hybridized carbons (Fsp3) is 0.533. The summed E-state index contributed by atoms with van der Waals surface area (Å²) < 4.78 is 13.4. The fourth-order valence-electron chi connectivity index (χ4n) is 2.84. The van der Waals surface area contributed by atoms with Gasteiger partial charge in [0.05, 0.1) is 11.6 Å². The number of nitrogens with one attached hydrogen (secondary N) is 1. The number of nitriles is 1. The van der Waals surface area contributed by atoms with E-state index in [1.807, 2.05) is 6.07 Å². The maximum atomic E-state index is 13.4. The number of rotatable bonds is 4. The topological polar surface area (TPSA) is 39.1 Å². The Morgan fingerprint density at radius 1 is 1.32 bits per heavy atom. The van der Waals surface area contributed by atoms with Crippen molar-refractivity contribution in [2.75, 3.05) is 26.0 Å². The van der Waals surface area contributed by atoms with Crippen LogP contribution in [-0.4, -0.2) is 31.1 Å². The Bertz CT molecular complexity index is 485. The van der Waals surface area contributed by atoms with Crippen LogP contribution in [0.15, 0.2) is 18.2 Å². The Morgan fingerprint density at radius 3 is 2.58 bits per heavy atom. The molecule has 0 heterocycles. The lowest BCUT2D eigenvalue weighted by Gasteiger charge is -2.36. The predicted molar refractivity (Wildman–Crippen MR) is 74.5 cm³/mol. The second-order valence-electron chi connectivity index (χ2n) is 5.52. The molecule has 0 saturated heterocycles. The number of hydrogen-bond donors (Lipinski definition) is 1. The van der Waals surface area contributed by atoms with Gasteiger partial charge in [-0.2, -0.15) is 5.26 Å². The number of hydrogen-bond acceptors (Lipinski definition) is 3. The van der Waals surface area contributed by atoms with Gasteiger partial charge in [0.25, 0.3) is 0 Å². The molecule has 0 unspecified atom stereocenters. The fourth-order valence-corrected chi connectivity index (χ4v) is 2.84. The van der Waals surface area contributed by atoms with Crippen molar-refractivity contribution in [1.82, 2.24) is 4.90 Å². The molecule has 4 heteroatoms. The van der Waals surface area contributed by atoms with Crippen LogP contribution in [0.1, 0.15) is 31.2 Å². The minimum absolute atomic E-state index is 0.152. The molecule has 1 aliphatic carbocycles. The first-order valence-electron chi connectivity index (χ1n) is 6.68. The van der Waals surface area contributed by atoms with Crippen LogP contribution in [0.4, 0.5) is 10.1 Å². The zero-order chi connectivity index (χ0) is 13.9. The van der Waals surface area contributed by atoms with Gasteiger partial charge in [0.15, 0.2) is 0 Å². The van der Waals surface area contributed by atoms with Gasteiger partial charge in [0, 0.05) is 17.8 Å². The molecule has 0 amide bonds. The summed E-state index contributed by atoms with van der Waals surface area (Å²) in [6, 6.07) is 6.37. The van der Waals surface area contributed by atoms with E-state index in [0.29, 0.717) is 11.3 Å². The Kier molecular flexibility index (Phi) is 4.06. The van der Waals surface area contributed by atoms with Crippen molar-refractivity contribution >= 4 is 5.69 Å².